The third-order valence-corrected chi connectivity index (χ3v) is 3.56. The van der Waals surface area contributed by atoms with Gasteiger partial charge in [0.1, 0.15) is 0 Å². The summed E-state index contributed by atoms with van der Waals surface area (Å²) in [6, 6.07) is -0.0235. The summed E-state index contributed by atoms with van der Waals surface area (Å²) in [4.78, 5) is 27.4. The number of rotatable bonds is 2. The number of piperazine rings is 1. The van der Waals surface area contributed by atoms with E-state index in [0.717, 1.165) is 19.4 Å². The lowest BCUT2D eigenvalue weighted by Gasteiger charge is -2.35. The minimum absolute atomic E-state index is 0.000943. The van der Waals surface area contributed by atoms with Crippen molar-refractivity contribution in [3.8, 4) is 0 Å². The first-order chi connectivity index (χ1) is 8.72. The lowest BCUT2D eigenvalue weighted by molar-refractivity contribution is -0.134. The Balaban J connectivity index is 1.79. The van der Waals surface area contributed by atoms with Crippen molar-refractivity contribution in [2.24, 2.45) is 0 Å². The predicted molar refractivity (Wildman–Crippen MR) is 68.3 cm³/mol. The van der Waals surface area contributed by atoms with Gasteiger partial charge in [0.05, 0.1) is 6.04 Å². The van der Waals surface area contributed by atoms with Crippen molar-refractivity contribution in [1.82, 2.24) is 20.4 Å². The maximum absolute atomic E-state index is 12.1. The van der Waals surface area contributed by atoms with Crippen LogP contribution in [0.4, 0.5) is 4.79 Å². The van der Waals surface area contributed by atoms with Gasteiger partial charge in [-0.25, -0.2) is 4.79 Å². The molecule has 2 aliphatic rings. The minimum atomic E-state index is -0.0245. The first-order valence-corrected chi connectivity index (χ1v) is 6.77. The van der Waals surface area contributed by atoms with Crippen molar-refractivity contribution in [2.45, 2.75) is 25.8 Å². The summed E-state index contributed by atoms with van der Waals surface area (Å²) in [6.45, 7) is 6.04. The summed E-state index contributed by atoms with van der Waals surface area (Å²) in [5, 5.41) is 6.01. The average molecular weight is 254 g/mol. The second-order valence-electron chi connectivity index (χ2n) is 4.80. The summed E-state index contributed by atoms with van der Waals surface area (Å²) in [6.07, 6.45) is 2.02. The van der Waals surface area contributed by atoms with Crippen molar-refractivity contribution >= 4 is 11.9 Å². The first kappa shape index (κ1) is 13.1. The van der Waals surface area contributed by atoms with E-state index in [9.17, 15) is 9.59 Å². The van der Waals surface area contributed by atoms with Crippen LogP contribution in [0.15, 0.2) is 0 Å². The van der Waals surface area contributed by atoms with Crippen LogP contribution in [-0.4, -0.2) is 67.0 Å². The largest absolute Gasteiger partial charge is 0.338 e. The van der Waals surface area contributed by atoms with Gasteiger partial charge in [0, 0.05) is 32.7 Å². The van der Waals surface area contributed by atoms with E-state index in [2.05, 4.69) is 10.6 Å². The molecule has 2 fully saturated rings. The quantitative estimate of drug-likeness (QED) is 0.705. The van der Waals surface area contributed by atoms with E-state index in [4.69, 9.17) is 0 Å². The highest BCUT2D eigenvalue weighted by atomic mass is 16.2. The van der Waals surface area contributed by atoms with Crippen molar-refractivity contribution in [2.75, 3.05) is 39.3 Å². The van der Waals surface area contributed by atoms with Gasteiger partial charge in [-0.1, -0.05) is 0 Å². The first-order valence-electron chi connectivity index (χ1n) is 6.77. The highest BCUT2D eigenvalue weighted by Gasteiger charge is 2.30. The van der Waals surface area contributed by atoms with Crippen LogP contribution in [0.3, 0.4) is 0 Å². The van der Waals surface area contributed by atoms with Gasteiger partial charge in [0.15, 0.2) is 0 Å². The van der Waals surface area contributed by atoms with Crippen LogP contribution in [0.25, 0.3) is 0 Å². The molecule has 0 spiro atoms. The van der Waals surface area contributed by atoms with Gasteiger partial charge < -0.3 is 20.4 Å². The molecule has 2 heterocycles. The maximum Gasteiger partial charge on any atom is 0.317 e. The second kappa shape index (κ2) is 6.04. The zero-order chi connectivity index (χ0) is 13.0. The summed E-state index contributed by atoms with van der Waals surface area (Å²) >= 11 is 0. The summed E-state index contributed by atoms with van der Waals surface area (Å²) in [5.74, 6) is 0.197. The van der Waals surface area contributed by atoms with E-state index in [1.807, 2.05) is 11.8 Å². The van der Waals surface area contributed by atoms with Gasteiger partial charge in [-0.05, 0) is 26.3 Å². The molecular formula is C12H22N4O2. The van der Waals surface area contributed by atoms with Crippen LogP contribution in [-0.2, 0) is 4.79 Å². The van der Waals surface area contributed by atoms with Gasteiger partial charge in [0.2, 0.25) is 5.91 Å². The van der Waals surface area contributed by atoms with Gasteiger partial charge in [-0.15, -0.1) is 0 Å². The molecule has 1 unspecified atom stereocenters. The smallest absolute Gasteiger partial charge is 0.317 e. The summed E-state index contributed by atoms with van der Waals surface area (Å²) in [7, 11) is 0. The lowest BCUT2D eigenvalue weighted by atomic mass is 10.2. The van der Waals surface area contributed by atoms with Gasteiger partial charge in [0.25, 0.3) is 0 Å². The van der Waals surface area contributed by atoms with Crippen molar-refractivity contribution in [1.29, 1.82) is 0 Å². The zero-order valence-corrected chi connectivity index (χ0v) is 10.9. The molecule has 2 rings (SSSR count). The topological polar surface area (TPSA) is 64.7 Å². The SMILES string of the molecule is CCNC(=O)N1CCN(C(=O)C2CCCN2)CC1. The standard InChI is InChI=1S/C12H22N4O2/c1-2-13-12(18)16-8-6-15(7-9-16)11(17)10-4-3-5-14-10/h10,14H,2-9H2,1H3,(H,13,18). The number of carbonyl (C=O) groups is 2. The van der Waals surface area contributed by atoms with Crippen LogP contribution in [0, 0.1) is 0 Å². The molecule has 2 aliphatic heterocycles. The van der Waals surface area contributed by atoms with E-state index in [1.54, 1.807) is 4.90 Å². The fourth-order valence-corrected chi connectivity index (χ4v) is 2.51. The van der Waals surface area contributed by atoms with Gasteiger partial charge in [-0.3, -0.25) is 4.79 Å². The Labute approximate surface area is 108 Å². The van der Waals surface area contributed by atoms with Crippen LogP contribution in [0.2, 0.25) is 0 Å². The number of hydrogen-bond acceptors (Lipinski definition) is 3. The number of hydrogen-bond donors (Lipinski definition) is 2. The number of amides is 3. The third kappa shape index (κ3) is 2.93. The third-order valence-electron chi connectivity index (χ3n) is 3.56. The Morgan fingerprint density at radius 1 is 1.22 bits per heavy atom. The molecule has 0 radical (unpaired) electrons. The average Bonchev–Trinajstić information content (AvgIpc) is 2.92. The summed E-state index contributed by atoms with van der Waals surface area (Å²) < 4.78 is 0. The molecular weight excluding hydrogens is 232 g/mol. The zero-order valence-electron chi connectivity index (χ0n) is 10.9. The molecule has 18 heavy (non-hydrogen) atoms. The van der Waals surface area contributed by atoms with Crippen molar-refractivity contribution in [3.05, 3.63) is 0 Å². The molecule has 0 aromatic rings. The Morgan fingerprint density at radius 3 is 2.44 bits per heavy atom. The van der Waals surface area contributed by atoms with E-state index in [-0.39, 0.29) is 18.0 Å². The molecule has 102 valence electrons. The van der Waals surface area contributed by atoms with Crippen LogP contribution < -0.4 is 10.6 Å². The Kier molecular flexibility index (Phi) is 4.41. The Hall–Kier alpha value is -1.30. The Morgan fingerprint density at radius 2 is 1.89 bits per heavy atom. The summed E-state index contributed by atoms with van der Waals surface area (Å²) in [5.41, 5.74) is 0. The normalized spacial score (nSPS) is 24.2. The molecule has 0 aromatic carbocycles. The molecule has 2 N–H and O–H groups in total. The molecule has 0 aromatic heterocycles. The fraction of sp³-hybridized carbons (Fsp3) is 0.833. The van der Waals surface area contributed by atoms with Crippen molar-refractivity contribution < 1.29 is 9.59 Å². The van der Waals surface area contributed by atoms with E-state index in [0.29, 0.717) is 32.7 Å². The predicted octanol–water partition coefficient (Wildman–Crippen LogP) is -0.388. The highest BCUT2D eigenvalue weighted by Crippen LogP contribution is 2.11. The molecule has 6 heteroatoms. The molecule has 0 saturated carbocycles. The van der Waals surface area contributed by atoms with Crippen LogP contribution >= 0.6 is 0 Å². The Bertz CT molecular complexity index is 307. The molecule has 6 nitrogen and oxygen atoms in total. The lowest BCUT2D eigenvalue weighted by Crippen LogP contribution is -2.55. The molecule has 2 saturated heterocycles. The second-order valence-corrected chi connectivity index (χ2v) is 4.80. The molecule has 0 bridgehead atoms. The van der Waals surface area contributed by atoms with E-state index in [1.165, 1.54) is 0 Å². The molecule has 3 amide bonds. The number of urea groups is 1. The minimum Gasteiger partial charge on any atom is -0.338 e. The van der Waals surface area contributed by atoms with Gasteiger partial charge >= 0.3 is 6.03 Å². The number of carbonyl (C=O) groups excluding carboxylic acids is 2. The molecule has 0 aliphatic carbocycles. The monoisotopic (exact) mass is 254 g/mol. The maximum atomic E-state index is 12.1. The number of nitrogens with zero attached hydrogens (tertiary/aromatic N) is 2. The van der Waals surface area contributed by atoms with Crippen LogP contribution in [0.5, 0.6) is 0 Å². The van der Waals surface area contributed by atoms with E-state index < -0.39 is 0 Å². The van der Waals surface area contributed by atoms with Gasteiger partial charge in [-0.2, -0.15) is 0 Å². The van der Waals surface area contributed by atoms with Crippen LogP contribution in [0.1, 0.15) is 19.8 Å². The highest BCUT2D eigenvalue weighted by molar-refractivity contribution is 5.82. The van der Waals surface area contributed by atoms with Crippen molar-refractivity contribution in [3.63, 3.8) is 0 Å². The fourth-order valence-electron chi connectivity index (χ4n) is 2.51. The van der Waals surface area contributed by atoms with E-state index >= 15 is 0 Å². The molecule has 1 atom stereocenters. The number of nitrogens with one attached hydrogen (secondary N) is 2.